The van der Waals surface area contributed by atoms with Gasteiger partial charge in [-0.2, -0.15) is 4.31 Å². The van der Waals surface area contributed by atoms with Crippen LogP contribution < -0.4 is 10.1 Å². The molecule has 0 bridgehead atoms. The summed E-state index contributed by atoms with van der Waals surface area (Å²) in [6.45, 7) is 3.54. The monoisotopic (exact) mass is 368 g/mol. The van der Waals surface area contributed by atoms with Gasteiger partial charge in [0.25, 0.3) is 0 Å². The molecule has 2 aromatic carbocycles. The number of benzene rings is 2. The molecule has 25 heavy (non-hydrogen) atoms. The van der Waals surface area contributed by atoms with Crippen LogP contribution in [0.4, 0.5) is 8.78 Å². The van der Waals surface area contributed by atoms with Gasteiger partial charge < -0.3 is 10.1 Å². The predicted octanol–water partition coefficient (Wildman–Crippen LogP) is 2.66. The van der Waals surface area contributed by atoms with Gasteiger partial charge in [0, 0.05) is 32.2 Å². The Morgan fingerprint density at radius 1 is 1.04 bits per heavy atom. The Hall–Kier alpha value is -2.03. The van der Waals surface area contributed by atoms with Gasteiger partial charge in [0.1, 0.15) is 16.5 Å². The van der Waals surface area contributed by atoms with Crippen molar-refractivity contribution >= 4 is 10.0 Å². The van der Waals surface area contributed by atoms with Gasteiger partial charge in [0.05, 0.1) is 0 Å². The zero-order chi connectivity index (χ0) is 18.0. The molecule has 0 aromatic heterocycles. The summed E-state index contributed by atoms with van der Waals surface area (Å²) in [6, 6.07) is 7.37. The number of hydrogen-bond donors (Lipinski definition) is 1. The summed E-state index contributed by atoms with van der Waals surface area (Å²) in [6.07, 6.45) is 0. The Kier molecular flexibility index (Phi) is 5.03. The highest BCUT2D eigenvalue weighted by Crippen LogP contribution is 2.33. The first-order chi connectivity index (χ1) is 11.9. The Labute approximate surface area is 145 Å². The number of hydrogen-bond acceptors (Lipinski definition) is 4. The molecule has 1 saturated heterocycles. The number of ether oxygens (including phenoxy) is 1. The summed E-state index contributed by atoms with van der Waals surface area (Å²) in [7, 11) is -3.81. The number of halogens is 2. The van der Waals surface area contributed by atoms with Gasteiger partial charge in [-0.1, -0.05) is 6.07 Å². The van der Waals surface area contributed by atoms with Gasteiger partial charge in [-0.05, 0) is 36.8 Å². The molecule has 1 heterocycles. The van der Waals surface area contributed by atoms with Crippen LogP contribution in [-0.4, -0.2) is 38.9 Å². The molecule has 0 amide bonds. The molecular formula is C17H18F2N2O3S. The first-order valence-corrected chi connectivity index (χ1v) is 9.26. The Morgan fingerprint density at radius 3 is 2.48 bits per heavy atom. The van der Waals surface area contributed by atoms with Crippen molar-refractivity contribution in [2.75, 3.05) is 26.2 Å². The van der Waals surface area contributed by atoms with Crippen molar-refractivity contribution < 1.29 is 21.9 Å². The van der Waals surface area contributed by atoms with Gasteiger partial charge in [0.2, 0.25) is 10.0 Å². The van der Waals surface area contributed by atoms with Gasteiger partial charge in [-0.25, -0.2) is 17.2 Å². The van der Waals surface area contributed by atoms with Gasteiger partial charge in [0.15, 0.2) is 11.6 Å². The summed E-state index contributed by atoms with van der Waals surface area (Å²) >= 11 is 0. The summed E-state index contributed by atoms with van der Waals surface area (Å²) in [5.41, 5.74) is 0.723. The molecular weight excluding hydrogens is 350 g/mol. The molecule has 2 aromatic rings. The molecule has 1 aliphatic rings. The molecule has 0 atom stereocenters. The van der Waals surface area contributed by atoms with Crippen LogP contribution in [0.1, 0.15) is 5.56 Å². The second-order valence-electron chi connectivity index (χ2n) is 5.78. The van der Waals surface area contributed by atoms with E-state index in [1.54, 1.807) is 13.0 Å². The van der Waals surface area contributed by atoms with Crippen molar-refractivity contribution in [1.82, 2.24) is 9.62 Å². The van der Waals surface area contributed by atoms with Gasteiger partial charge in [-0.3, -0.25) is 0 Å². The molecule has 134 valence electrons. The minimum absolute atomic E-state index is 0.0337. The van der Waals surface area contributed by atoms with Crippen LogP contribution in [0.5, 0.6) is 11.5 Å². The van der Waals surface area contributed by atoms with E-state index in [1.165, 1.54) is 16.4 Å². The molecule has 3 rings (SSSR count). The van der Waals surface area contributed by atoms with E-state index in [0.717, 1.165) is 23.8 Å². The zero-order valence-electron chi connectivity index (χ0n) is 13.6. The van der Waals surface area contributed by atoms with Crippen LogP contribution in [0.25, 0.3) is 0 Å². The van der Waals surface area contributed by atoms with Crippen LogP contribution in [0, 0.1) is 18.6 Å². The third kappa shape index (κ3) is 3.81. The number of piperazine rings is 1. The average molecular weight is 368 g/mol. The fourth-order valence-electron chi connectivity index (χ4n) is 2.60. The highest BCUT2D eigenvalue weighted by molar-refractivity contribution is 7.89. The van der Waals surface area contributed by atoms with E-state index in [0.29, 0.717) is 26.2 Å². The maximum absolute atomic E-state index is 13.9. The van der Waals surface area contributed by atoms with Crippen molar-refractivity contribution in [2.24, 2.45) is 0 Å². The summed E-state index contributed by atoms with van der Waals surface area (Å²) in [4.78, 5) is -0.0574. The van der Waals surface area contributed by atoms with E-state index in [-0.39, 0.29) is 16.4 Å². The molecule has 1 fully saturated rings. The molecule has 0 radical (unpaired) electrons. The van der Waals surface area contributed by atoms with Crippen LogP contribution in [0.3, 0.4) is 0 Å². The number of sulfonamides is 1. The maximum Gasteiger partial charge on any atom is 0.246 e. The van der Waals surface area contributed by atoms with Crippen LogP contribution in [0.2, 0.25) is 0 Å². The van der Waals surface area contributed by atoms with Crippen molar-refractivity contribution in [3.8, 4) is 11.5 Å². The minimum atomic E-state index is -3.81. The quantitative estimate of drug-likeness (QED) is 0.901. The second kappa shape index (κ2) is 7.07. The maximum atomic E-state index is 13.9. The molecule has 0 unspecified atom stereocenters. The molecule has 0 aliphatic carbocycles. The molecule has 1 N–H and O–H groups in total. The molecule has 5 nitrogen and oxygen atoms in total. The first kappa shape index (κ1) is 17.8. The summed E-state index contributed by atoms with van der Waals surface area (Å²) in [5, 5.41) is 3.09. The Morgan fingerprint density at radius 2 is 1.76 bits per heavy atom. The summed E-state index contributed by atoms with van der Waals surface area (Å²) < 4.78 is 59.9. The van der Waals surface area contributed by atoms with Crippen LogP contribution in [-0.2, 0) is 10.0 Å². The van der Waals surface area contributed by atoms with E-state index in [1.807, 2.05) is 0 Å². The van der Waals surface area contributed by atoms with Crippen molar-refractivity contribution in [1.29, 1.82) is 0 Å². The van der Waals surface area contributed by atoms with Crippen LogP contribution in [0.15, 0.2) is 41.3 Å². The van der Waals surface area contributed by atoms with Crippen LogP contribution >= 0.6 is 0 Å². The molecule has 0 spiro atoms. The van der Waals surface area contributed by atoms with E-state index < -0.39 is 21.7 Å². The van der Waals surface area contributed by atoms with Crippen molar-refractivity contribution in [2.45, 2.75) is 11.8 Å². The predicted molar refractivity (Wildman–Crippen MR) is 89.2 cm³/mol. The number of nitrogens with one attached hydrogen (secondary N) is 1. The lowest BCUT2D eigenvalue weighted by Gasteiger charge is -2.27. The van der Waals surface area contributed by atoms with Crippen molar-refractivity contribution in [3.05, 3.63) is 53.6 Å². The lowest BCUT2D eigenvalue weighted by molar-refractivity contribution is 0.357. The minimum Gasteiger partial charge on any atom is -0.453 e. The molecule has 0 saturated carbocycles. The first-order valence-electron chi connectivity index (χ1n) is 7.82. The lowest BCUT2D eigenvalue weighted by Crippen LogP contribution is -2.46. The highest BCUT2D eigenvalue weighted by atomic mass is 32.2. The SMILES string of the molecule is Cc1ccc(Oc2cc(F)ccc2F)c(S(=O)(=O)N2CCNCC2)c1. The normalized spacial score (nSPS) is 16.0. The smallest absolute Gasteiger partial charge is 0.246 e. The standard InChI is InChI=1S/C17H18F2N2O3S/c1-12-2-5-15(24-16-11-13(18)3-4-14(16)19)17(10-12)25(22,23)21-8-6-20-7-9-21/h2-5,10-11,20H,6-9H2,1H3. The fourth-order valence-corrected chi connectivity index (χ4v) is 4.24. The summed E-state index contributed by atoms with van der Waals surface area (Å²) in [5.74, 6) is -1.84. The Balaban J connectivity index is 2.02. The topological polar surface area (TPSA) is 58.6 Å². The second-order valence-corrected chi connectivity index (χ2v) is 7.69. The average Bonchev–Trinajstić information content (AvgIpc) is 2.60. The van der Waals surface area contributed by atoms with E-state index in [2.05, 4.69) is 5.32 Å². The lowest BCUT2D eigenvalue weighted by atomic mass is 10.2. The van der Waals surface area contributed by atoms with E-state index >= 15 is 0 Å². The highest BCUT2D eigenvalue weighted by Gasteiger charge is 2.29. The van der Waals surface area contributed by atoms with Crippen molar-refractivity contribution in [3.63, 3.8) is 0 Å². The third-order valence-corrected chi connectivity index (χ3v) is 5.83. The largest absolute Gasteiger partial charge is 0.453 e. The van der Waals surface area contributed by atoms with Gasteiger partial charge in [-0.15, -0.1) is 0 Å². The number of nitrogens with zero attached hydrogens (tertiary/aromatic N) is 1. The molecule has 8 heteroatoms. The third-order valence-electron chi connectivity index (χ3n) is 3.91. The fraction of sp³-hybridized carbons (Fsp3) is 0.294. The van der Waals surface area contributed by atoms with E-state index in [4.69, 9.17) is 4.74 Å². The number of aryl methyl sites for hydroxylation is 1. The van der Waals surface area contributed by atoms with E-state index in [9.17, 15) is 17.2 Å². The Bertz CT molecular complexity index is 881. The zero-order valence-corrected chi connectivity index (χ0v) is 14.4. The van der Waals surface area contributed by atoms with Gasteiger partial charge >= 0.3 is 0 Å². The molecule has 1 aliphatic heterocycles. The number of rotatable bonds is 4.